The second-order valence-electron chi connectivity index (χ2n) is 10.1. The lowest BCUT2D eigenvalue weighted by molar-refractivity contribution is -0.0431. The molecule has 1 aliphatic rings. The van der Waals surface area contributed by atoms with E-state index in [9.17, 15) is 9.90 Å². The summed E-state index contributed by atoms with van der Waals surface area (Å²) < 4.78 is 37.7. The second-order valence-corrected chi connectivity index (χ2v) is 11.1. The van der Waals surface area contributed by atoms with Crippen LogP contribution in [-0.2, 0) is 4.74 Å². The van der Waals surface area contributed by atoms with Crippen LogP contribution in [0.25, 0.3) is 31.8 Å². The number of thiazole rings is 1. The van der Waals surface area contributed by atoms with Crippen molar-refractivity contribution in [3.8, 4) is 28.2 Å². The van der Waals surface area contributed by atoms with Crippen LogP contribution in [-0.4, -0.2) is 68.1 Å². The van der Waals surface area contributed by atoms with Gasteiger partial charge in [0, 0.05) is 17.7 Å². The fourth-order valence-electron chi connectivity index (χ4n) is 4.45. The number of hydrogen-bond donors (Lipinski definition) is 2. The van der Waals surface area contributed by atoms with Crippen LogP contribution in [0.5, 0.6) is 17.6 Å². The lowest BCUT2D eigenvalue weighted by Gasteiger charge is -2.35. The number of nitrogens with one attached hydrogen (secondary N) is 1. The number of benzene rings is 2. The van der Waals surface area contributed by atoms with E-state index in [0.717, 1.165) is 15.8 Å². The summed E-state index contributed by atoms with van der Waals surface area (Å²) in [5.74, 6) is -0.0925. The summed E-state index contributed by atoms with van der Waals surface area (Å²) in [6.07, 6.45) is 2.99. The highest BCUT2D eigenvalue weighted by molar-refractivity contribution is 7.21. The van der Waals surface area contributed by atoms with Gasteiger partial charge in [-0.3, -0.25) is 5.32 Å². The van der Waals surface area contributed by atoms with E-state index >= 15 is 4.39 Å². The van der Waals surface area contributed by atoms with Crippen molar-refractivity contribution in [2.24, 2.45) is 0 Å². The van der Waals surface area contributed by atoms with Crippen LogP contribution < -0.4 is 19.5 Å². The van der Waals surface area contributed by atoms with Gasteiger partial charge in [0.15, 0.2) is 11.6 Å². The van der Waals surface area contributed by atoms with Crippen LogP contribution >= 0.6 is 11.3 Å². The van der Waals surface area contributed by atoms with Gasteiger partial charge < -0.3 is 24.1 Å². The molecule has 0 bridgehead atoms. The number of rotatable bonds is 9. The van der Waals surface area contributed by atoms with Gasteiger partial charge in [0.2, 0.25) is 5.88 Å². The van der Waals surface area contributed by atoms with Crippen LogP contribution in [0.2, 0.25) is 0 Å². The number of fused-ring (bicyclic) bond motifs is 2. The number of amides is 1. The smallest absolute Gasteiger partial charge is 0.412 e. The molecular formula is C29H27FN6O6S. The van der Waals surface area contributed by atoms with Gasteiger partial charge >= 0.3 is 12.1 Å². The maximum Gasteiger partial charge on any atom is 0.412 e. The molecule has 1 aliphatic carbocycles. The number of aliphatic hydroxyl groups excluding tert-OH is 1. The molecule has 43 heavy (non-hydrogen) atoms. The zero-order valence-corrected chi connectivity index (χ0v) is 24.2. The van der Waals surface area contributed by atoms with E-state index in [2.05, 4.69) is 30.2 Å². The van der Waals surface area contributed by atoms with Gasteiger partial charge in [-0.1, -0.05) is 0 Å². The highest BCUT2D eigenvalue weighted by atomic mass is 32.1. The molecule has 2 aromatic carbocycles. The average molecular weight is 607 g/mol. The number of carbonyl (C=O) groups is 1. The van der Waals surface area contributed by atoms with Crippen LogP contribution in [0.15, 0.2) is 42.9 Å². The van der Waals surface area contributed by atoms with E-state index in [1.54, 1.807) is 19.2 Å². The molecule has 0 spiro atoms. The van der Waals surface area contributed by atoms with E-state index in [0.29, 0.717) is 46.0 Å². The van der Waals surface area contributed by atoms with Gasteiger partial charge in [-0.15, -0.1) is 11.3 Å². The lowest BCUT2D eigenvalue weighted by Crippen LogP contribution is -2.45. The Hall–Kier alpha value is -4.69. The first-order valence-corrected chi connectivity index (χ1v) is 14.3. The lowest BCUT2D eigenvalue weighted by atomic mass is 9.92. The van der Waals surface area contributed by atoms with Crippen molar-refractivity contribution in [1.29, 1.82) is 0 Å². The fraction of sp³-hybridized carbons (Fsp3) is 0.310. The summed E-state index contributed by atoms with van der Waals surface area (Å²) in [5.41, 5.74) is 3.91. The third kappa shape index (κ3) is 6.24. The molecule has 222 valence electrons. The third-order valence-electron chi connectivity index (χ3n) is 6.67. The van der Waals surface area contributed by atoms with Gasteiger partial charge in [-0.2, -0.15) is 0 Å². The molecule has 14 heteroatoms. The topological polar surface area (TPSA) is 151 Å². The van der Waals surface area contributed by atoms with E-state index in [-0.39, 0.29) is 18.4 Å². The molecule has 1 amide bonds. The molecule has 1 fully saturated rings. The highest BCUT2D eigenvalue weighted by Crippen LogP contribution is 2.38. The molecule has 3 aromatic heterocycles. The van der Waals surface area contributed by atoms with Crippen LogP contribution in [0, 0.1) is 12.7 Å². The maximum atomic E-state index is 15.1. The first-order chi connectivity index (χ1) is 20.7. The quantitative estimate of drug-likeness (QED) is 0.231. The number of anilines is 1. The molecule has 3 atom stereocenters. The summed E-state index contributed by atoms with van der Waals surface area (Å²) in [6.45, 7) is 3.58. The van der Waals surface area contributed by atoms with Crippen molar-refractivity contribution in [1.82, 2.24) is 24.9 Å². The zero-order valence-electron chi connectivity index (χ0n) is 23.4. The summed E-state index contributed by atoms with van der Waals surface area (Å²) >= 11 is 1.39. The number of aryl methyl sites for hydroxylation is 1. The molecule has 1 saturated carbocycles. The first kappa shape index (κ1) is 28.4. The molecule has 3 heterocycles. The number of hydrogen-bond acceptors (Lipinski definition) is 12. The van der Waals surface area contributed by atoms with E-state index in [1.165, 1.54) is 36.9 Å². The van der Waals surface area contributed by atoms with E-state index < -0.39 is 30.2 Å². The Morgan fingerprint density at radius 3 is 2.60 bits per heavy atom. The predicted molar refractivity (Wildman–Crippen MR) is 156 cm³/mol. The Morgan fingerprint density at radius 2 is 1.88 bits per heavy atom. The van der Waals surface area contributed by atoms with E-state index in [4.69, 9.17) is 18.9 Å². The van der Waals surface area contributed by atoms with Crippen molar-refractivity contribution in [2.75, 3.05) is 19.0 Å². The molecule has 0 unspecified atom stereocenters. The van der Waals surface area contributed by atoms with Crippen LogP contribution in [0.3, 0.4) is 0 Å². The Bertz CT molecular complexity index is 1800. The number of ether oxygens (including phenoxy) is 4. The van der Waals surface area contributed by atoms with Gasteiger partial charge in [-0.25, -0.2) is 34.1 Å². The van der Waals surface area contributed by atoms with Crippen molar-refractivity contribution in [3.63, 3.8) is 0 Å². The number of carbonyl (C=O) groups excluding carboxylic acids is 1. The number of aliphatic hydroxyl groups is 1. The first-order valence-electron chi connectivity index (χ1n) is 13.4. The zero-order chi connectivity index (χ0) is 30.1. The summed E-state index contributed by atoms with van der Waals surface area (Å²) in [6, 6.07) is 6.92. The Morgan fingerprint density at radius 1 is 1.09 bits per heavy atom. The normalized spacial score (nSPS) is 16.9. The standard InChI is InChI=1S/C29H27FN6O6S/c1-14-6-17(26-20(7-14)35-25(39-3)12-31-26)27-36-19-8-18(30)23(9-24(19)43-27)41-21-4-5-22(21)42-29(38)34-16-10-32-28(33-11-16)40-13-15(2)37/h6-12,15,21-22,37H,4-5,13H2,1-3H3,(H,34,38)/t15-,21-,22+/m1/s1. The van der Waals surface area contributed by atoms with Crippen LogP contribution in [0.4, 0.5) is 14.9 Å². The van der Waals surface area contributed by atoms with Gasteiger partial charge in [-0.05, 0) is 44.4 Å². The van der Waals surface area contributed by atoms with Crippen molar-refractivity contribution in [2.45, 2.75) is 45.0 Å². The minimum Gasteiger partial charge on any atom is -0.483 e. The molecule has 5 aromatic rings. The number of nitrogens with zero attached hydrogens (tertiary/aromatic N) is 5. The van der Waals surface area contributed by atoms with Crippen molar-refractivity contribution < 1.29 is 33.2 Å². The molecule has 0 saturated heterocycles. The van der Waals surface area contributed by atoms with E-state index in [1.807, 2.05) is 19.1 Å². The molecular weight excluding hydrogens is 579 g/mol. The predicted octanol–water partition coefficient (Wildman–Crippen LogP) is 5.07. The van der Waals surface area contributed by atoms with Gasteiger partial charge in [0.25, 0.3) is 0 Å². The van der Waals surface area contributed by atoms with Crippen molar-refractivity contribution >= 4 is 44.4 Å². The molecule has 6 rings (SSSR count). The molecule has 12 nitrogen and oxygen atoms in total. The summed E-state index contributed by atoms with van der Waals surface area (Å²) in [4.78, 5) is 34.1. The Labute approximate surface area is 248 Å². The second kappa shape index (κ2) is 11.9. The monoisotopic (exact) mass is 606 g/mol. The summed E-state index contributed by atoms with van der Waals surface area (Å²) in [5, 5.41) is 12.5. The minimum atomic E-state index is -0.714. The van der Waals surface area contributed by atoms with Crippen molar-refractivity contribution in [3.05, 3.63) is 54.2 Å². The molecule has 0 radical (unpaired) electrons. The maximum absolute atomic E-state index is 15.1. The van der Waals surface area contributed by atoms with Gasteiger partial charge in [0.05, 0.1) is 58.7 Å². The average Bonchev–Trinajstić information content (AvgIpc) is 3.39. The summed E-state index contributed by atoms with van der Waals surface area (Å²) in [7, 11) is 1.54. The molecule has 2 N–H and O–H groups in total. The van der Waals surface area contributed by atoms with Gasteiger partial charge in [0.1, 0.15) is 23.8 Å². The number of methoxy groups -OCH3 is 1. The largest absolute Gasteiger partial charge is 0.483 e. The highest BCUT2D eigenvalue weighted by Gasteiger charge is 2.37. The SMILES string of the molecule is COc1cnc2c(-c3nc4cc(F)c(O[C@@H]5CC[C@@H]5OC(=O)Nc5cnc(OC[C@@H](C)O)nc5)cc4s3)cc(C)cc2n1. The fourth-order valence-corrected chi connectivity index (χ4v) is 5.44. The third-order valence-corrected chi connectivity index (χ3v) is 7.72. The number of halogens is 1. The Kier molecular flexibility index (Phi) is 7.86. The minimum absolute atomic E-state index is 0.0463. The molecule has 0 aliphatic heterocycles. The Balaban J connectivity index is 1.13. The van der Waals surface area contributed by atoms with Crippen LogP contribution in [0.1, 0.15) is 25.3 Å². The number of aromatic nitrogens is 5.